The summed E-state index contributed by atoms with van der Waals surface area (Å²) in [5.74, 6) is -0.176. The van der Waals surface area contributed by atoms with Crippen molar-refractivity contribution in [3.8, 4) is 51.0 Å². The zero-order chi connectivity index (χ0) is 37.1. The molecule has 0 aliphatic heterocycles. The molecule has 0 amide bonds. The van der Waals surface area contributed by atoms with Gasteiger partial charge in [-0.05, 0) is 69.5 Å². The molecular weight excluding hydrogens is 659 g/mol. The predicted molar refractivity (Wildman–Crippen MR) is 213 cm³/mol. The lowest BCUT2D eigenvalue weighted by Gasteiger charge is -2.21. The highest BCUT2D eigenvalue weighted by molar-refractivity contribution is 6.10. The second kappa shape index (κ2) is 12.9. The molecule has 0 saturated carbocycles. The number of fused-ring (bicyclic) bond motifs is 3. The normalized spacial score (nSPS) is 12.2. The van der Waals surface area contributed by atoms with Gasteiger partial charge in [0.1, 0.15) is 0 Å². The molecule has 8 rings (SSSR count). The van der Waals surface area contributed by atoms with Gasteiger partial charge in [0.2, 0.25) is 0 Å². The topological polar surface area (TPSA) is 43.6 Å². The van der Waals surface area contributed by atoms with E-state index in [9.17, 15) is 8.78 Å². The van der Waals surface area contributed by atoms with Crippen LogP contribution in [0.3, 0.4) is 0 Å². The van der Waals surface area contributed by atoms with Crippen molar-refractivity contribution < 1.29 is 8.78 Å². The van der Waals surface area contributed by atoms with Crippen LogP contribution < -0.4 is 0 Å². The summed E-state index contributed by atoms with van der Waals surface area (Å²) in [4.78, 5) is 15.2. The van der Waals surface area contributed by atoms with Crippen molar-refractivity contribution in [1.29, 1.82) is 0 Å². The first kappa shape index (κ1) is 34.1. The summed E-state index contributed by atoms with van der Waals surface area (Å²) in [6.45, 7) is 13.3. The molecular formula is C47H40F2N4. The molecule has 0 spiro atoms. The van der Waals surface area contributed by atoms with Crippen molar-refractivity contribution in [2.75, 3.05) is 0 Å². The molecule has 2 heterocycles. The smallest absolute Gasteiger partial charge is 0.166 e. The molecule has 0 atom stereocenters. The standard InChI is InChI=1S/C47H40F2N4/c1-46(2,3)33-19-22-35-36-23-20-34(47(4,5)6)28-42(36)53(41(35)27-33)40-26-32(31-18-24-38(48)39(49)25-31)17-21-37(40)45-51-43(29-13-9-7-10-14-29)50-44(52-45)30-15-11-8-12-16-30/h7-28H,1-6H3. The van der Waals surface area contributed by atoms with Crippen LogP contribution in [0.5, 0.6) is 0 Å². The Kier molecular flexibility index (Phi) is 8.29. The van der Waals surface area contributed by atoms with Crippen molar-refractivity contribution in [3.63, 3.8) is 0 Å². The molecule has 6 heteroatoms. The van der Waals surface area contributed by atoms with E-state index in [1.165, 1.54) is 23.3 Å². The predicted octanol–water partition coefficient (Wildman–Crippen LogP) is 12.5. The van der Waals surface area contributed by atoms with Gasteiger partial charge in [-0.2, -0.15) is 0 Å². The molecule has 0 aliphatic carbocycles. The van der Waals surface area contributed by atoms with E-state index in [2.05, 4.69) is 82.5 Å². The monoisotopic (exact) mass is 698 g/mol. The van der Waals surface area contributed by atoms with E-state index in [1.54, 1.807) is 6.07 Å². The van der Waals surface area contributed by atoms with Crippen molar-refractivity contribution in [3.05, 3.63) is 156 Å². The molecule has 0 radical (unpaired) electrons. The zero-order valence-corrected chi connectivity index (χ0v) is 30.7. The van der Waals surface area contributed by atoms with Gasteiger partial charge in [-0.3, -0.25) is 0 Å². The number of aromatic nitrogens is 4. The number of hydrogen-bond donors (Lipinski definition) is 0. The molecule has 53 heavy (non-hydrogen) atoms. The van der Waals surface area contributed by atoms with Crippen LogP contribution in [0.4, 0.5) is 8.78 Å². The Morgan fingerprint density at radius 3 is 1.40 bits per heavy atom. The number of rotatable bonds is 5. The molecule has 0 N–H and O–H groups in total. The van der Waals surface area contributed by atoms with Gasteiger partial charge < -0.3 is 4.57 Å². The quantitative estimate of drug-likeness (QED) is 0.180. The minimum absolute atomic E-state index is 0.105. The summed E-state index contributed by atoms with van der Waals surface area (Å²) in [6.07, 6.45) is 0. The van der Waals surface area contributed by atoms with Crippen LogP contribution in [0, 0.1) is 11.6 Å². The highest BCUT2D eigenvalue weighted by Crippen LogP contribution is 2.41. The fourth-order valence-electron chi connectivity index (χ4n) is 6.90. The largest absolute Gasteiger partial charge is 0.308 e. The van der Waals surface area contributed by atoms with Crippen molar-refractivity contribution in [2.45, 2.75) is 52.4 Å². The average Bonchev–Trinajstić information content (AvgIpc) is 3.48. The first-order valence-corrected chi connectivity index (χ1v) is 17.9. The molecule has 0 fully saturated rings. The zero-order valence-electron chi connectivity index (χ0n) is 30.7. The van der Waals surface area contributed by atoms with Gasteiger partial charge in [-0.15, -0.1) is 0 Å². The van der Waals surface area contributed by atoms with E-state index in [-0.39, 0.29) is 10.8 Å². The number of nitrogens with zero attached hydrogens (tertiary/aromatic N) is 4. The van der Waals surface area contributed by atoms with Gasteiger partial charge >= 0.3 is 0 Å². The van der Waals surface area contributed by atoms with Gasteiger partial charge in [0.25, 0.3) is 0 Å². The SMILES string of the molecule is CC(C)(C)c1ccc2c3ccc(C(C)(C)C)cc3n(-c3cc(-c4ccc(F)c(F)c4)ccc3-c3nc(-c4ccccc4)nc(-c4ccccc4)n3)c2c1. The molecule has 8 aromatic rings. The van der Waals surface area contributed by atoms with Gasteiger partial charge in [-0.1, -0.05) is 139 Å². The fraction of sp³-hybridized carbons (Fsp3) is 0.170. The van der Waals surface area contributed by atoms with Crippen LogP contribution in [0.1, 0.15) is 52.7 Å². The number of benzene rings is 6. The van der Waals surface area contributed by atoms with Crippen molar-refractivity contribution in [2.24, 2.45) is 0 Å². The van der Waals surface area contributed by atoms with E-state index >= 15 is 0 Å². The Balaban J connectivity index is 1.50. The fourth-order valence-corrected chi connectivity index (χ4v) is 6.90. The first-order chi connectivity index (χ1) is 25.3. The molecule has 0 aliphatic rings. The average molecular weight is 699 g/mol. The summed E-state index contributed by atoms with van der Waals surface area (Å²) >= 11 is 0. The van der Waals surface area contributed by atoms with E-state index in [4.69, 9.17) is 15.0 Å². The maximum absolute atomic E-state index is 14.7. The van der Waals surface area contributed by atoms with Gasteiger partial charge in [-0.25, -0.2) is 23.7 Å². The van der Waals surface area contributed by atoms with E-state index in [1.807, 2.05) is 78.9 Å². The molecule has 6 aromatic carbocycles. The van der Waals surface area contributed by atoms with Crippen LogP contribution >= 0.6 is 0 Å². The van der Waals surface area contributed by atoms with Crippen LogP contribution in [-0.4, -0.2) is 19.5 Å². The summed E-state index contributed by atoms with van der Waals surface area (Å²) in [7, 11) is 0. The third kappa shape index (κ3) is 6.39. The highest BCUT2D eigenvalue weighted by Gasteiger charge is 2.24. The Morgan fingerprint density at radius 2 is 0.906 bits per heavy atom. The maximum Gasteiger partial charge on any atom is 0.166 e. The Bertz CT molecular complexity index is 2520. The second-order valence-corrected chi connectivity index (χ2v) is 15.7. The lowest BCUT2D eigenvalue weighted by Crippen LogP contribution is -2.11. The molecule has 0 bridgehead atoms. The van der Waals surface area contributed by atoms with E-state index < -0.39 is 11.6 Å². The molecule has 2 aromatic heterocycles. The van der Waals surface area contributed by atoms with Crippen LogP contribution in [0.2, 0.25) is 0 Å². The maximum atomic E-state index is 14.7. The third-order valence-corrected chi connectivity index (χ3v) is 9.93. The molecule has 0 saturated heterocycles. The van der Waals surface area contributed by atoms with E-state index in [0.29, 0.717) is 23.0 Å². The summed E-state index contributed by atoms with van der Waals surface area (Å²) in [5, 5.41) is 2.23. The van der Waals surface area contributed by atoms with Crippen LogP contribution in [0.15, 0.2) is 133 Å². The van der Waals surface area contributed by atoms with Crippen molar-refractivity contribution in [1.82, 2.24) is 19.5 Å². The minimum atomic E-state index is -0.896. The van der Waals surface area contributed by atoms with Gasteiger partial charge in [0.05, 0.1) is 16.7 Å². The Hall–Kier alpha value is -6.01. The summed E-state index contributed by atoms with van der Waals surface area (Å²) < 4.78 is 31.2. The van der Waals surface area contributed by atoms with Gasteiger partial charge in [0, 0.05) is 27.5 Å². The summed E-state index contributed by atoms with van der Waals surface area (Å²) in [6, 6.07) is 43.2. The van der Waals surface area contributed by atoms with E-state index in [0.717, 1.165) is 49.7 Å². The van der Waals surface area contributed by atoms with Crippen LogP contribution in [0.25, 0.3) is 72.8 Å². The lowest BCUT2D eigenvalue weighted by molar-refractivity contribution is 0.509. The Morgan fingerprint density at radius 1 is 0.434 bits per heavy atom. The number of hydrogen-bond acceptors (Lipinski definition) is 3. The number of halogens is 2. The summed E-state index contributed by atoms with van der Waals surface area (Å²) in [5.41, 5.74) is 8.86. The molecule has 4 nitrogen and oxygen atoms in total. The molecule has 0 unspecified atom stereocenters. The molecule has 262 valence electrons. The van der Waals surface area contributed by atoms with Crippen LogP contribution in [-0.2, 0) is 10.8 Å². The third-order valence-electron chi connectivity index (χ3n) is 9.93. The van der Waals surface area contributed by atoms with Crippen molar-refractivity contribution >= 4 is 21.8 Å². The lowest BCUT2D eigenvalue weighted by atomic mass is 9.86. The van der Waals surface area contributed by atoms with Gasteiger partial charge in [0.15, 0.2) is 29.1 Å². The minimum Gasteiger partial charge on any atom is -0.308 e. The Labute approximate surface area is 308 Å². The first-order valence-electron chi connectivity index (χ1n) is 17.9. The second-order valence-electron chi connectivity index (χ2n) is 15.7. The highest BCUT2D eigenvalue weighted by atomic mass is 19.2.